The first-order valence-electron chi connectivity index (χ1n) is 7.04. The number of hydrogen-bond acceptors (Lipinski definition) is 2. The standard InChI is InChI=1S/C16H21NO3/c1-11-5-6-12(2)14(8-11)9-15(18)17-7-3-4-13(10-17)16(19)20/h5-6,8,13H,3-4,7,9-10H2,1-2H3,(H,19,20). The molecule has 1 aliphatic heterocycles. The predicted molar refractivity (Wildman–Crippen MR) is 76.6 cm³/mol. The second-order valence-corrected chi connectivity index (χ2v) is 5.62. The highest BCUT2D eigenvalue weighted by Crippen LogP contribution is 2.19. The molecule has 1 heterocycles. The summed E-state index contributed by atoms with van der Waals surface area (Å²) in [5, 5.41) is 9.07. The van der Waals surface area contributed by atoms with Gasteiger partial charge < -0.3 is 10.0 Å². The fourth-order valence-electron chi connectivity index (χ4n) is 2.67. The molecule has 0 aliphatic carbocycles. The van der Waals surface area contributed by atoms with E-state index in [2.05, 4.69) is 0 Å². The average molecular weight is 275 g/mol. The number of hydrogen-bond donors (Lipinski definition) is 1. The van der Waals surface area contributed by atoms with Crippen LogP contribution in [0.15, 0.2) is 18.2 Å². The SMILES string of the molecule is Cc1ccc(C)c(CC(=O)N2CCCC(C(=O)O)C2)c1. The fourth-order valence-corrected chi connectivity index (χ4v) is 2.67. The first kappa shape index (κ1) is 14.6. The van der Waals surface area contributed by atoms with Gasteiger partial charge >= 0.3 is 5.97 Å². The smallest absolute Gasteiger partial charge is 0.308 e. The predicted octanol–water partition coefficient (Wildman–Crippen LogP) is 2.17. The minimum atomic E-state index is -0.797. The molecule has 1 atom stereocenters. The van der Waals surface area contributed by atoms with E-state index in [0.717, 1.165) is 23.1 Å². The maximum absolute atomic E-state index is 12.3. The molecular weight excluding hydrogens is 254 g/mol. The molecule has 2 rings (SSSR count). The second kappa shape index (κ2) is 6.07. The molecule has 0 aromatic heterocycles. The number of amides is 1. The van der Waals surface area contributed by atoms with Crippen molar-refractivity contribution in [3.8, 4) is 0 Å². The van der Waals surface area contributed by atoms with Crippen molar-refractivity contribution in [1.29, 1.82) is 0 Å². The van der Waals surface area contributed by atoms with Crippen LogP contribution < -0.4 is 0 Å². The first-order chi connectivity index (χ1) is 9.47. The molecule has 0 saturated carbocycles. The Balaban J connectivity index is 2.04. The number of carboxylic acid groups (broad SMARTS) is 1. The van der Waals surface area contributed by atoms with Crippen LogP contribution in [0.5, 0.6) is 0 Å². The molecule has 4 nitrogen and oxygen atoms in total. The number of carbonyl (C=O) groups is 2. The van der Waals surface area contributed by atoms with Crippen LogP contribution in [0.2, 0.25) is 0 Å². The summed E-state index contributed by atoms with van der Waals surface area (Å²) in [6.45, 7) is 5.03. The summed E-state index contributed by atoms with van der Waals surface area (Å²) in [6, 6.07) is 6.09. The van der Waals surface area contributed by atoms with Crippen molar-refractivity contribution in [1.82, 2.24) is 4.90 Å². The van der Waals surface area contributed by atoms with Gasteiger partial charge in [-0.05, 0) is 37.8 Å². The van der Waals surface area contributed by atoms with Crippen molar-refractivity contribution in [3.63, 3.8) is 0 Å². The van der Waals surface area contributed by atoms with E-state index in [1.807, 2.05) is 32.0 Å². The Hall–Kier alpha value is -1.84. The Kier molecular flexibility index (Phi) is 4.42. The number of piperidine rings is 1. The molecule has 1 unspecified atom stereocenters. The molecule has 1 aromatic rings. The van der Waals surface area contributed by atoms with Crippen LogP contribution in [0.4, 0.5) is 0 Å². The van der Waals surface area contributed by atoms with E-state index in [9.17, 15) is 9.59 Å². The van der Waals surface area contributed by atoms with Crippen molar-refractivity contribution >= 4 is 11.9 Å². The third-order valence-corrected chi connectivity index (χ3v) is 3.97. The summed E-state index contributed by atoms with van der Waals surface area (Å²) < 4.78 is 0. The molecule has 0 bridgehead atoms. The highest BCUT2D eigenvalue weighted by molar-refractivity contribution is 5.80. The van der Waals surface area contributed by atoms with E-state index >= 15 is 0 Å². The third-order valence-electron chi connectivity index (χ3n) is 3.97. The van der Waals surface area contributed by atoms with Crippen LogP contribution in [0, 0.1) is 19.8 Å². The average Bonchev–Trinajstić information content (AvgIpc) is 2.43. The zero-order valence-electron chi connectivity index (χ0n) is 12.1. The number of benzene rings is 1. The first-order valence-corrected chi connectivity index (χ1v) is 7.04. The summed E-state index contributed by atoms with van der Waals surface area (Å²) in [4.78, 5) is 25.1. The summed E-state index contributed by atoms with van der Waals surface area (Å²) >= 11 is 0. The number of aliphatic carboxylic acids is 1. The summed E-state index contributed by atoms with van der Waals surface area (Å²) in [5.74, 6) is -1.18. The van der Waals surface area contributed by atoms with Gasteiger partial charge in [-0.15, -0.1) is 0 Å². The molecule has 1 aromatic carbocycles. The molecule has 1 N–H and O–H groups in total. The molecule has 4 heteroatoms. The van der Waals surface area contributed by atoms with Gasteiger partial charge in [0.25, 0.3) is 0 Å². The lowest BCUT2D eigenvalue weighted by Gasteiger charge is -2.31. The van der Waals surface area contributed by atoms with E-state index in [0.29, 0.717) is 25.9 Å². The van der Waals surface area contributed by atoms with Crippen LogP contribution in [-0.2, 0) is 16.0 Å². The van der Waals surface area contributed by atoms with Crippen LogP contribution in [0.25, 0.3) is 0 Å². The zero-order chi connectivity index (χ0) is 14.7. The van der Waals surface area contributed by atoms with Gasteiger partial charge in [-0.1, -0.05) is 23.8 Å². The van der Waals surface area contributed by atoms with Gasteiger partial charge in [-0.2, -0.15) is 0 Å². The zero-order valence-corrected chi connectivity index (χ0v) is 12.1. The van der Waals surface area contributed by atoms with Gasteiger partial charge in [0.1, 0.15) is 0 Å². The lowest BCUT2D eigenvalue weighted by Crippen LogP contribution is -2.43. The van der Waals surface area contributed by atoms with Gasteiger partial charge in [0.2, 0.25) is 5.91 Å². The number of rotatable bonds is 3. The number of carboxylic acids is 1. The van der Waals surface area contributed by atoms with Crippen molar-refractivity contribution in [2.75, 3.05) is 13.1 Å². The fraction of sp³-hybridized carbons (Fsp3) is 0.500. The van der Waals surface area contributed by atoms with Gasteiger partial charge in [-0.25, -0.2) is 0 Å². The second-order valence-electron chi connectivity index (χ2n) is 5.62. The van der Waals surface area contributed by atoms with Crippen molar-refractivity contribution in [2.24, 2.45) is 5.92 Å². The molecule has 1 fully saturated rings. The van der Waals surface area contributed by atoms with Crippen molar-refractivity contribution < 1.29 is 14.7 Å². The summed E-state index contributed by atoms with van der Waals surface area (Å²) in [6.07, 6.45) is 1.80. The third kappa shape index (κ3) is 3.38. The van der Waals surface area contributed by atoms with E-state index in [1.54, 1.807) is 4.90 Å². The minimum absolute atomic E-state index is 0.0321. The maximum Gasteiger partial charge on any atom is 0.308 e. The lowest BCUT2D eigenvalue weighted by atomic mass is 9.97. The highest BCUT2D eigenvalue weighted by Gasteiger charge is 2.28. The number of carbonyl (C=O) groups excluding carboxylic acids is 1. The number of aryl methyl sites for hydroxylation is 2. The minimum Gasteiger partial charge on any atom is -0.481 e. The molecule has 1 saturated heterocycles. The van der Waals surface area contributed by atoms with E-state index in [-0.39, 0.29) is 5.91 Å². The van der Waals surface area contributed by atoms with Gasteiger partial charge in [0.15, 0.2) is 0 Å². The van der Waals surface area contributed by atoms with E-state index in [1.165, 1.54) is 0 Å². The van der Waals surface area contributed by atoms with E-state index < -0.39 is 11.9 Å². The van der Waals surface area contributed by atoms with Crippen LogP contribution in [0.3, 0.4) is 0 Å². The highest BCUT2D eigenvalue weighted by atomic mass is 16.4. The Morgan fingerprint density at radius 3 is 2.80 bits per heavy atom. The quantitative estimate of drug-likeness (QED) is 0.919. The largest absolute Gasteiger partial charge is 0.481 e. The van der Waals surface area contributed by atoms with Gasteiger partial charge in [0.05, 0.1) is 12.3 Å². The molecule has 0 spiro atoms. The summed E-state index contributed by atoms with van der Waals surface area (Å²) in [5.41, 5.74) is 3.28. The molecule has 1 amide bonds. The lowest BCUT2D eigenvalue weighted by molar-refractivity contribution is -0.145. The Morgan fingerprint density at radius 2 is 2.10 bits per heavy atom. The van der Waals surface area contributed by atoms with Crippen LogP contribution >= 0.6 is 0 Å². The van der Waals surface area contributed by atoms with Crippen molar-refractivity contribution in [2.45, 2.75) is 33.1 Å². The molecule has 1 aliphatic rings. The topological polar surface area (TPSA) is 57.6 Å². The maximum atomic E-state index is 12.3. The van der Waals surface area contributed by atoms with E-state index in [4.69, 9.17) is 5.11 Å². The molecule has 20 heavy (non-hydrogen) atoms. The van der Waals surface area contributed by atoms with Crippen LogP contribution in [0.1, 0.15) is 29.5 Å². The molecular formula is C16H21NO3. The summed E-state index contributed by atoms with van der Waals surface area (Å²) in [7, 11) is 0. The van der Waals surface area contributed by atoms with Gasteiger partial charge in [0, 0.05) is 13.1 Å². The van der Waals surface area contributed by atoms with Crippen LogP contribution in [-0.4, -0.2) is 35.0 Å². The molecule has 108 valence electrons. The monoisotopic (exact) mass is 275 g/mol. The Bertz CT molecular complexity index is 524. The Morgan fingerprint density at radius 1 is 1.35 bits per heavy atom. The van der Waals surface area contributed by atoms with Crippen molar-refractivity contribution in [3.05, 3.63) is 34.9 Å². The number of likely N-dealkylation sites (tertiary alicyclic amines) is 1. The molecule has 0 radical (unpaired) electrons. The normalized spacial score (nSPS) is 18.9. The Labute approximate surface area is 119 Å². The van der Waals surface area contributed by atoms with Gasteiger partial charge in [-0.3, -0.25) is 9.59 Å². The number of nitrogens with zero attached hydrogens (tertiary/aromatic N) is 1.